The van der Waals surface area contributed by atoms with Crippen LogP contribution in [0.25, 0.3) is 0 Å². The molecule has 29 heavy (non-hydrogen) atoms. The first-order chi connectivity index (χ1) is 13.6. The summed E-state index contributed by atoms with van der Waals surface area (Å²) in [5, 5.41) is 20.9. The van der Waals surface area contributed by atoms with E-state index in [1.165, 1.54) is 37.3 Å². The molecular weight excluding hydrogens is 364 g/mol. The molecule has 1 unspecified atom stereocenters. The summed E-state index contributed by atoms with van der Waals surface area (Å²) in [7, 11) is 0. The summed E-state index contributed by atoms with van der Waals surface area (Å²) in [4.78, 5) is 11.5. The summed E-state index contributed by atoms with van der Waals surface area (Å²) in [5.74, 6) is 0.288. The van der Waals surface area contributed by atoms with Crippen LogP contribution in [0.1, 0.15) is 79.1 Å². The number of ether oxygens (including phenoxy) is 1. The van der Waals surface area contributed by atoms with Gasteiger partial charge in [0, 0.05) is 11.6 Å². The van der Waals surface area contributed by atoms with Crippen molar-refractivity contribution in [3.63, 3.8) is 0 Å². The Morgan fingerprint density at radius 3 is 2.76 bits per heavy atom. The van der Waals surface area contributed by atoms with E-state index in [1.807, 2.05) is 0 Å². The van der Waals surface area contributed by atoms with E-state index < -0.39 is 18.4 Å². The van der Waals surface area contributed by atoms with Gasteiger partial charge in [-0.15, -0.1) is 6.58 Å². The standard InChI is InChI=1S/C25H38O4/c1-16(2)8-6-12-24(4)13-7-9-20-19(24)11-10-17(3)25(20,5)15-21(26)18-14-22(27)29-23(18)28/h11,14,17,20-21,23,26,28H,1,6-10,12-13,15H2,2-5H3/t17-,20-,21+,23?,24-,25+/m1/s1. The lowest BCUT2D eigenvalue weighted by Gasteiger charge is -2.54. The molecule has 0 saturated heterocycles. The van der Waals surface area contributed by atoms with Crippen LogP contribution in [0.15, 0.2) is 35.5 Å². The molecule has 0 bridgehead atoms. The van der Waals surface area contributed by atoms with Gasteiger partial charge in [0.15, 0.2) is 0 Å². The first-order valence-corrected chi connectivity index (χ1v) is 11.2. The molecule has 4 nitrogen and oxygen atoms in total. The molecule has 3 rings (SSSR count). The number of rotatable bonds is 7. The fraction of sp³-hybridized carbons (Fsp3) is 0.720. The fourth-order valence-corrected chi connectivity index (χ4v) is 6.01. The highest BCUT2D eigenvalue weighted by Crippen LogP contribution is 2.59. The van der Waals surface area contributed by atoms with E-state index >= 15 is 0 Å². The van der Waals surface area contributed by atoms with Gasteiger partial charge in [-0.25, -0.2) is 4.79 Å². The van der Waals surface area contributed by atoms with Gasteiger partial charge in [0.05, 0.1) is 6.10 Å². The molecule has 0 aromatic rings. The Kier molecular flexibility index (Phi) is 6.45. The third-order valence-corrected chi connectivity index (χ3v) is 8.05. The molecule has 6 atom stereocenters. The second-order valence-corrected chi connectivity index (χ2v) is 10.3. The van der Waals surface area contributed by atoms with Crippen LogP contribution in [-0.2, 0) is 9.53 Å². The number of hydrogen-bond acceptors (Lipinski definition) is 4. The molecule has 0 aromatic heterocycles. The van der Waals surface area contributed by atoms with Gasteiger partial charge in [-0.05, 0) is 74.5 Å². The quantitative estimate of drug-likeness (QED) is 0.461. The van der Waals surface area contributed by atoms with Crippen LogP contribution in [0.5, 0.6) is 0 Å². The van der Waals surface area contributed by atoms with Crippen LogP contribution >= 0.6 is 0 Å². The largest absolute Gasteiger partial charge is 0.429 e. The molecule has 0 aromatic carbocycles. The van der Waals surface area contributed by atoms with Crippen molar-refractivity contribution in [2.45, 2.75) is 91.5 Å². The first kappa shape index (κ1) is 22.3. The fourth-order valence-electron chi connectivity index (χ4n) is 6.01. The number of hydrogen-bond donors (Lipinski definition) is 2. The maximum atomic E-state index is 11.5. The molecule has 4 heteroatoms. The van der Waals surface area contributed by atoms with Gasteiger partial charge in [-0.1, -0.05) is 44.4 Å². The number of cyclic esters (lactones) is 1. The zero-order valence-electron chi connectivity index (χ0n) is 18.5. The highest BCUT2D eigenvalue weighted by molar-refractivity contribution is 5.85. The van der Waals surface area contributed by atoms with Crippen molar-refractivity contribution in [2.75, 3.05) is 0 Å². The van der Waals surface area contributed by atoms with Crippen LogP contribution in [0, 0.1) is 22.7 Å². The predicted molar refractivity (Wildman–Crippen MR) is 115 cm³/mol. The molecule has 3 aliphatic rings. The minimum atomic E-state index is -1.31. The SMILES string of the molecule is C=C(C)CCC[C@]1(C)CCC[C@@H]2C1=CC[C@@H](C)[C@]2(C)C[C@H](O)C1=CC(=O)OC1O. The molecule has 0 radical (unpaired) electrons. The van der Waals surface area contributed by atoms with E-state index in [2.05, 4.69) is 40.3 Å². The van der Waals surface area contributed by atoms with Gasteiger partial charge in [0.1, 0.15) is 0 Å². The number of fused-ring (bicyclic) bond motifs is 1. The van der Waals surface area contributed by atoms with E-state index in [0.717, 1.165) is 19.3 Å². The second-order valence-electron chi connectivity index (χ2n) is 10.3. The third-order valence-electron chi connectivity index (χ3n) is 8.05. The number of aliphatic hydroxyl groups is 2. The Morgan fingerprint density at radius 1 is 1.41 bits per heavy atom. The van der Waals surface area contributed by atoms with Gasteiger partial charge in [-0.3, -0.25) is 0 Å². The molecule has 1 heterocycles. The molecule has 1 saturated carbocycles. The summed E-state index contributed by atoms with van der Waals surface area (Å²) < 4.78 is 4.79. The van der Waals surface area contributed by atoms with Crippen molar-refractivity contribution >= 4 is 5.97 Å². The van der Waals surface area contributed by atoms with Crippen LogP contribution < -0.4 is 0 Å². The lowest BCUT2D eigenvalue weighted by molar-refractivity contribution is -0.152. The zero-order chi connectivity index (χ0) is 21.4. The van der Waals surface area contributed by atoms with Gasteiger partial charge in [0.25, 0.3) is 0 Å². The molecule has 2 aliphatic carbocycles. The minimum Gasteiger partial charge on any atom is -0.429 e. The number of allylic oxidation sites excluding steroid dienone is 3. The Morgan fingerprint density at radius 2 is 2.14 bits per heavy atom. The monoisotopic (exact) mass is 402 g/mol. The van der Waals surface area contributed by atoms with Crippen LogP contribution in [0.4, 0.5) is 0 Å². The summed E-state index contributed by atoms with van der Waals surface area (Å²) in [6.07, 6.45) is 10.1. The highest BCUT2D eigenvalue weighted by Gasteiger charge is 2.50. The van der Waals surface area contributed by atoms with Gasteiger partial charge >= 0.3 is 5.97 Å². The van der Waals surface area contributed by atoms with Crippen LogP contribution in [-0.4, -0.2) is 28.6 Å². The lowest BCUT2D eigenvalue weighted by Crippen LogP contribution is -2.46. The molecule has 1 aliphatic heterocycles. The minimum absolute atomic E-state index is 0.0776. The molecular formula is C25H38O4. The van der Waals surface area contributed by atoms with Gasteiger partial charge in [-0.2, -0.15) is 0 Å². The summed E-state index contributed by atoms with van der Waals surface area (Å²) in [6, 6.07) is 0. The highest BCUT2D eigenvalue weighted by atomic mass is 16.6. The normalized spacial score (nSPS) is 38.0. The summed E-state index contributed by atoms with van der Waals surface area (Å²) in [5.41, 5.74) is 3.27. The maximum Gasteiger partial charge on any atom is 0.333 e. The number of esters is 1. The van der Waals surface area contributed by atoms with E-state index in [-0.39, 0.29) is 10.8 Å². The average Bonchev–Trinajstić information content (AvgIpc) is 2.97. The van der Waals surface area contributed by atoms with E-state index in [9.17, 15) is 15.0 Å². The van der Waals surface area contributed by atoms with E-state index in [4.69, 9.17) is 4.74 Å². The predicted octanol–water partition coefficient (Wildman–Crippen LogP) is 5.06. The van der Waals surface area contributed by atoms with E-state index in [1.54, 1.807) is 5.57 Å². The maximum absolute atomic E-state index is 11.5. The van der Waals surface area contributed by atoms with Crippen molar-refractivity contribution in [1.82, 2.24) is 0 Å². The Labute approximate surface area is 175 Å². The van der Waals surface area contributed by atoms with Crippen molar-refractivity contribution in [3.8, 4) is 0 Å². The smallest absolute Gasteiger partial charge is 0.333 e. The number of aliphatic hydroxyl groups excluding tert-OH is 2. The van der Waals surface area contributed by atoms with Gasteiger partial charge < -0.3 is 14.9 Å². The van der Waals surface area contributed by atoms with Crippen molar-refractivity contribution in [3.05, 3.63) is 35.5 Å². The Hall–Kier alpha value is -1.39. The third kappa shape index (κ3) is 4.39. The lowest BCUT2D eigenvalue weighted by atomic mass is 9.50. The number of carbonyl (C=O) groups is 1. The van der Waals surface area contributed by atoms with Crippen molar-refractivity contribution in [2.24, 2.45) is 22.7 Å². The van der Waals surface area contributed by atoms with Gasteiger partial charge in [0.2, 0.25) is 6.29 Å². The molecule has 1 fully saturated rings. The average molecular weight is 403 g/mol. The molecule has 0 spiro atoms. The molecule has 162 valence electrons. The zero-order valence-corrected chi connectivity index (χ0v) is 18.5. The molecule has 2 N–H and O–H groups in total. The van der Waals surface area contributed by atoms with E-state index in [0.29, 0.717) is 23.8 Å². The topological polar surface area (TPSA) is 66.8 Å². The number of carbonyl (C=O) groups excluding carboxylic acids is 1. The Bertz CT molecular complexity index is 720. The summed E-state index contributed by atoms with van der Waals surface area (Å²) in [6.45, 7) is 13.1. The van der Waals surface area contributed by atoms with Crippen LogP contribution in [0.2, 0.25) is 0 Å². The first-order valence-electron chi connectivity index (χ1n) is 11.2. The van der Waals surface area contributed by atoms with Crippen molar-refractivity contribution in [1.29, 1.82) is 0 Å². The van der Waals surface area contributed by atoms with Crippen molar-refractivity contribution < 1.29 is 19.7 Å². The second kappa shape index (κ2) is 8.39. The van der Waals surface area contributed by atoms with Crippen LogP contribution in [0.3, 0.4) is 0 Å². The Balaban J connectivity index is 1.81. The molecule has 0 amide bonds. The summed E-state index contributed by atoms with van der Waals surface area (Å²) >= 11 is 0.